The first-order valence-electron chi connectivity index (χ1n) is 3.87. The van der Waals surface area contributed by atoms with E-state index in [2.05, 4.69) is 0 Å². The summed E-state index contributed by atoms with van der Waals surface area (Å²) in [6.45, 7) is 4.77. The predicted molar refractivity (Wildman–Crippen MR) is 44.5 cm³/mol. The molecule has 0 rings (SSSR count). The fourth-order valence-corrected chi connectivity index (χ4v) is 0.993. The molecule has 12 heavy (non-hydrogen) atoms. The van der Waals surface area contributed by atoms with Gasteiger partial charge < -0.3 is 5.11 Å². The monoisotopic (exact) mass is 170 g/mol. The van der Waals surface area contributed by atoms with Crippen molar-refractivity contribution in [2.75, 3.05) is 19.6 Å². The summed E-state index contributed by atoms with van der Waals surface area (Å²) in [5.41, 5.74) is 0. The Hall–Kier alpha value is -1.08. The second-order valence-corrected chi connectivity index (χ2v) is 3.12. The van der Waals surface area contributed by atoms with E-state index in [1.807, 2.05) is 19.9 Å². The molecule has 0 fully saturated rings. The Kier molecular flexibility index (Phi) is 5.06. The van der Waals surface area contributed by atoms with Crippen LogP contribution < -0.4 is 0 Å². The van der Waals surface area contributed by atoms with Crippen LogP contribution in [0.3, 0.4) is 0 Å². The molecule has 0 aliphatic heterocycles. The molecule has 0 unspecified atom stereocenters. The molecule has 0 aliphatic carbocycles. The first kappa shape index (κ1) is 10.9. The van der Waals surface area contributed by atoms with Gasteiger partial charge in [-0.05, 0) is 5.92 Å². The molecule has 0 atom stereocenters. The van der Waals surface area contributed by atoms with Crippen LogP contribution in [0.1, 0.15) is 13.8 Å². The van der Waals surface area contributed by atoms with Gasteiger partial charge in [0.15, 0.2) is 0 Å². The Labute approximate surface area is 72.4 Å². The molecule has 0 radical (unpaired) electrons. The highest BCUT2D eigenvalue weighted by molar-refractivity contribution is 5.69. The van der Waals surface area contributed by atoms with Crippen molar-refractivity contribution < 1.29 is 9.90 Å². The van der Waals surface area contributed by atoms with Gasteiger partial charge in [0.1, 0.15) is 0 Å². The third-order valence-electron chi connectivity index (χ3n) is 1.28. The van der Waals surface area contributed by atoms with E-state index in [-0.39, 0.29) is 13.1 Å². The van der Waals surface area contributed by atoms with Crippen molar-refractivity contribution in [3.8, 4) is 6.07 Å². The summed E-state index contributed by atoms with van der Waals surface area (Å²) in [7, 11) is 0. The highest BCUT2D eigenvalue weighted by Crippen LogP contribution is 1.97. The lowest BCUT2D eigenvalue weighted by molar-refractivity contribution is -0.138. The van der Waals surface area contributed by atoms with Gasteiger partial charge in [0.05, 0.1) is 19.2 Å². The Morgan fingerprint density at radius 1 is 1.67 bits per heavy atom. The molecule has 0 aliphatic rings. The van der Waals surface area contributed by atoms with E-state index in [0.717, 1.165) is 0 Å². The Morgan fingerprint density at radius 2 is 2.25 bits per heavy atom. The molecule has 1 N–H and O–H groups in total. The minimum Gasteiger partial charge on any atom is -0.480 e. The second-order valence-electron chi connectivity index (χ2n) is 3.12. The molecule has 68 valence electrons. The molecule has 4 heteroatoms. The average molecular weight is 170 g/mol. The number of carboxylic acids is 1. The molecular weight excluding hydrogens is 156 g/mol. The van der Waals surface area contributed by atoms with Gasteiger partial charge in [0.25, 0.3) is 0 Å². The number of carboxylic acid groups (broad SMARTS) is 1. The van der Waals surface area contributed by atoms with Crippen LogP contribution >= 0.6 is 0 Å². The first-order chi connectivity index (χ1) is 5.56. The lowest BCUT2D eigenvalue weighted by atomic mass is 10.2. The van der Waals surface area contributed by atoms with Crippen molar-refractivity contribution in [2.45, 2.75) is 13.8 Å². The Morgan fingerprint density at radius 3 is 2.58 bits per heavy atom. The van der Waals surface area contributed by atoms with Gasteiger partial charge >= 0.3 is 5.97 Å². The van der Waals surface area contributed by atoms with Gasteiger partial charge in [-0.2, -0.15) is 5.26 Å². The van der Waals surface area contributed by atoms with Gasteiger partial charge in [-0.25, -0.2) is 0 Å². The molecule has 0 aromatic carbocycles. The van der Waals surface area contributed by atoms with E-state index in [0.29, 0.717) is 12.5 Å². The van der Waals surface area contributed by atoms with E-state index >= 15 is 0 Å². The molecule has 0 bridgehead atoms. The second kappa shape index (κ2) is 5.56. The summed E-state index contributed by atoms with van der Waals surface area (Å²) in [5, 5.41) is 16.9. The topological polar surface area (TPSA) is 64.3 Å². The minimum absolute atomic E-state index is 0.0499. The van der Waals surface area contributed by atoms with Crippen LogP contribution in [-0.2, 0) is 4.79 Å². The van der Waals surface area contributed by atoms with Crippen LogP contribution in [0, 0.1) is 17.2 Å². The highest BCUT2D eigenvalue weighted by atomic mass is 16.4. The number of hydrogen-bond donors (Lipinski definition) is 1. The normalized spacial score (nSPS) is 10.2. The molecule has 0 aromatic rings. The smallest absolute Gasteiger partial charge is 0.317 e. The molecule has 0 saturated heterocycles. The Balaban J connectivity index is 3.87. The fourth-order valence-electron chi connectivity index (χ4n) is 0.993. The lowest BCUT2D eigenvalue weighted by Crippen LogP contribution is -2.33. The van der Waals surface area contributed by atoms with E-state index in [4.69, 9.17) is 10.4 Å². The highest BCUT2D eigenvalue weighted by Gasteiger charge is 2.09. The van der Waals surface area contributed by atoms with Crippen molar-refractivity contribution >= 4 is 5.97 Å². The molecule has 4 nitrogen and oxygen atoms in total. The predicted octanol–water partition coefficient (Wildman–Crippen LogP) is 0.553. The van der Waals surface area contributed by atoms with Crippen molar-refractivity contribution in [3.63, 3.8) is 0 Å². The van der Waals surface area contributed by atoms with Gasteiger partial charge in [-0.15, -0.1) is 0 Å². The first-order valence-corrected chi connectivity index (χ1v) is 3.87. The summed E-state index contributed by atoms with van der Waals surface area (Å²) < 4.78 is 0. The summed E-state index contributed by atoms with van der Waals surface area (Å²) in [4.78, 5) is 11.9. The average Bonchev–Trinajstić information content (AvgIpc) is 1.84. The summed E-state index contributed by atoms with van der Waals surface area (Å²) in [6.07, 6.45) is 0. The van der Waals surface area contributed by atoms with Crippen molar-refractivity contribution in [2.24, 2.45) is 5.92 Å². The van der Waals surface area contributed by atoms with Crippen molar-refractivity contribution in [1.82, 2.24) is 4.90 Å². The summed E-state index contributed by atoms with van der Waals surface area (Å²) >= 11 is 0. The largest absolute Gasteiger partial charge is 0.480 e. The number of nitriles is 1. The van der Waals surface area contributed by atoms with E-state index in [1.54, 1.807) is 4.90 Å². The molecular formula is C8H14N2O2. The summed E-state index contributed by atoms with van der Waals surface area (Å²) in [6, 6.07) is 1.94. The van der Waals surface area contributed by atoms with Crippen molar-refractivity contribution in [3.05, 3.63) is 0 Å². The van der Waals surface area contributed by atoms with Crippen LogP contribution in [0.2, 0.25) is 0 Å². The van der Waals surface area contributed by atoms with E-state index in [1.165, 1.54) is 0 Å². The molecule has 0 saturated carbocycles. The zero-order chi connectivity index (χ0) is 9.56. The van der Waals surface area contributed by atoms with E-state index < -0.39 is 5.97 Å². The van der Waals surface area contributed by atoms with Crippen LogP contribution in [0.5, 0.6) is 0 Å². The van der Waals surface area contributed by atoms with Crippen LogP contribution in [0.15, 0.2) is 0 Å². The molecule has 0 heterocycles. The van der Waals surface area contributed by atoms with Gasteiger partial charge in [0.2, 0.25) is 0 Å². The van der Waals surface area contributed by atoms with Crippen LogP contribution in [-0.4, -0.2) is 35.6 Å². The maximum absolute atomic E-state index is 10.3. The lowest BCUT2D eigenvalue weighted by Gasteiger charge is -2.18. The zero-order valence-corrected chi connectivity index (χ0v) is 7.45. The Bertz CT molecular complexity index is 184. The number of rotatable bonds is 5. The number of nitrogens with zero attached hydrogens (tertiary/aromatic N) is 2. The maximum Gasteiger partial charge on any atom is 0.317 e. The molecule has 0 aromatic heterocycles. The molecule has 0 amide bonds. The van der Waals surface area contributed by atoms with E-state index in [9.17, 15) is 4.79 Å². The maximum atomic E-state index is 10.3. The van der Waals surface area contributed by atoms with Crippen LogP contribution in [0.25, 0.3) is 0 Å². The molecule has 0 spiro atoms. The quantitative estimate of drug-likeness (QED) is 0.612. The minimum atomic E-state index is -0.883. The third kappa shape index (κ3) is 5.69. The van der Waals surface area contributed by atoms with Crippen LogP contribution in [0.4, 0.5) is 0 Å². The van der Waals surface area contributed by atoms with Gasteiger partial charge in [-0.1, -0.05) is 13.8 Å². The third-order valence-corrected chi connectivity index (χ3v) is 1.28. The SMILES string of the molecule is CC(C)CN(CC#N)CC(=O)O. The standard InChI is InChI=1S/C8H14N2O2/c1-7(2)5-10(4-3-9)6-8(11)12/h7H,4-6H2,1-2H3,(H,11,12). The number of aliphatic carboxylic acids is 1. The summed E-state index contributed by atoms with van der Waals surface area (Å²) in [5.74, 6) is -0.497. The number of carbonyl (C=O) groups is 1. The van der Waals surface area contributed by atoms with Gasteiger partial charge in [0, 0.05) is 6.54 Å². The zero-order valence-electron chi connectivity index (χ0n) is 7.45. The van der Waals surface area contributed by atoms with Gasteiger partial charge in [-0.3, -0.25) is 9.69 Å². The number of hydrogen-bond acceptors (Lipinski definition) is 3. The van der Waals surface area contributed by atoms with Crippen molar-refractivity contribution in [1.29, 1.82) is 5.26 Å². The fraction of sp³-hybridized carbons (Fsp3) is 0.750.